The van der Waals surface area contributed by atoms with E-state index in [1.54, 1.807) is 0 Å². The molecule has 0 aromatic heterocycles. The average Bonchev–Trinajstić information content (AvgIpc) is 0.672. The first-order valence-corrected chi connectivity index (χ1v) is 34.8. The van der Waals surface area contributed by atoms with Gasteiger partial charge in [-0.2, -0.15) is 0 Å². The molecule has 6 heteroatoms. The Morgan fingerprint density at radius 1 is 0.240 bits per heavy atom. The first-order valence-electron chi connectivity index (χ1n) is 34.8. The second-order valence-corrected chi connectivity index (χ2v) is 33.9. The van der Waals surface area contributed by atoms with Crippen molar-refractivity contribution >= 4 is 80.3 Å². The Hall–Kier alpha value is -9.25. The van der Waals surface area contributed by atoms with Crippen LogP contribution >= 0.6 is 0 Å². The highest BCUT2D eigenvalue weighted by molar-refractivity contribution is 7.02. The summed E-state index contributed by atoms with van der Waals surface area (Å²) in [4.78, 5) is 5.05. The minimum absolute atomic E-state index is 0.0162. The van der Waals surface area contributed by atoms with Crippen LogP contribution in [0.25, 0.3) is 44.5 Å². The molecule has 11 aromatic rings. The predicted octanol–water partition coefficient (Wildman–Crippen LogP) is 20.9. The second kappa shape index (κ2) is 22.2. The molecule has 0 aliphatic carbocycles. The topological polar surface area (TPSA) is 24.9 Å². The van der Waals surface area contributed by atoms with Gasteiger partial charge in [-0.05, 0) is 181 Å². The molecule has 0 unspecified atom stereocenters. The monoisotopic (exact) mass is 1250 g/mol. The third-order valence-corrected chi connectivity index (χ3v) is 21.0. The van der Waals surface area contributed by atoms with Crippen molar-refractivity contribution in [3.63, 3.8) is 0 Å². The van der Waals surface area contributed by atoms with Gasteiger partial charge in [-0.15, -0.1) is 0 Å². The Balaban J connectivity index is 1.05. The van der Waals surface area contributed by atoms with Crippen molar-refractivity contribution in [3.8, 4) is 67.5 Å². The molecule has 0 N–H and O–H groups in total. The van der Waals surface area contributed by atoms with Gasteiger partial charge in [-0.25, -0.2) is 0 Å². The molecule has 0 amide bonds. The van der Waals surface area contributed by atoms with Crippen molar-refractivity contribution in [1.82, 2.24) is 0 Å². The zero-order valence-corrected chi connectivity index (χ0v) is 59.7. The number of fused-ring (bicyclic) bond motifs is 10. The van der Waals surface area contributed by atoms with Gasteiger partial charge in [0.2, 0.25) is 0 Å². The molecule has 4 heterocycles. The van der Waals surface area contributed by atoms with E-state index in [2.05, 4.69) is 353 Å². The van der Waals surface area contributed by atoms with Crippen LogP contribution < -0.4 is 52.1 Å². The van der Waals surface area contributed by atoms with E-state index in [1.807, 2.05) is 0 Å². The summed E-state index contributed by atoms with van der Waals surface area (Å²) in [6, 6.07) is 83.7. The van der Waals surface area contributed by atoms with E-state index in [0.29, 0.717) is 0 Å². The number of ether oxygens (including phenoxy) is 2. The maximum Gasteiger partial charge on any atom is 0.256 e. The lowest BCUT2D eigenvalue weighted by molar-refractivity contribution is 0.476. The van der Waals surface area contributed by atoms with Crippen molar-refractivity contribution in [2.75, 3.05) is 9.80 Å². The molecule has 0 saturated carbocycles. The standard InChI is InChI=1S/C90H90B2N2O2/c1-85(2,3)63-33-19-55(20-34-63)57-27-43-69(44-28-57)93-75-47-31-61(59-23-37-65(38-24-59)87(7,8)9)51-71(75)91-73-53-67(89(13,14)15)42-50-78(73)96-84-79(91)81(93)83-80-82(84)94(70-45-29-58(30-46-70)56-21-35-64(36-22-56)86(4,5)6)76-48-32-62(60-25-39-66(40-26-60)88(10,11)12)52-72(76)92(80)74-54-68(90(16,17)18)41-49-77(74)95-83/h19-54H,1-18H3. The van der Waals surface area contributed by atoms with Crippen molar-refractivity contribution in [2.24, 2.45) is 0 Å². The van der Waals surface area contributed by atoms with Gasteiger partial charge in [0, 0.05) is 33.7 Å². The first kappa shape index (κ1) is 62.8. The van der Waals surface area contributed by atoms with Crippen molar-refractivity contribution in [2.45, 2.75) is 157 Å². The minimum Gasteiger partial charge on any atom is -0.456 e. The summed E-state index contributed by atoms with van der Waals surface area (Å²) < 4.78 is 16.0. The smallest absolute Gasteiger partial charge is 0.256 e. The van der Waals surface area contributed by atoms with Gasteiger partial charge in [-0.1, -0.05) is 294 Å². The Morgan fingerprint density at radius 2 is 0.479 bits per heavy atom. The summed E-state index contributed by atoms with van der Waals surface area (Å²) in [6.45, 7) is 40.8. The highest BCUT2D eigenvalue weighted by atomic mass is 16.5. The Bertz CT molecular complexity index is 4570. The third-order valence-electron chi connectivity index (χ3n) is 21.0. The van der Waals surface area contributed by atoms with Crippen molar-refractivity contribution < 1.29 is 9.47 Å². The summed E-state index contributed by atoms with van der Waals surface area (Å²) in [5.41, 5.74) is 30.2. The van der Waals surface area contributed by atoms with E-state index in [-0.39, 0.29) is 45.9 Å². The fourth-order valence-corrected chi connectivity index (χ4v) is 15.1. The highest BCUT2D eigenvalue weighted by Gasteiger charge is 2.53. The maximum atomic E-state index is 8.00. The average molecular weight is 1250 g/mol. The van der Waals surface area contributed by atoms with Crippen LogP contribution in [-0.2, 0) is 32.5 Å². The lowest BCUT2D eigenvalue weighted by Gasteiger charge is -2.47. The summed E-state index contributed by atoms with van der Waals surface area (Å²) in [5, 5.41) is 0. The van der Waals surface area contributed by atoms with Crippen LogP contribution in [-0.4, -0.2) is 13.4 Å². The summed E-state index contributed by atoms with van der Waals surface area (Å²) in [7, 11) is 0. The van der Waals surface area contributed by atoms with Crippen LogP contribution in [0.3, 0.4) is 0 Å². The number of nitrogens with zero attached hydrogens (tertiary/aromatic N) is 2. The van der Waals surface area contributed by atoms with Crippen molar-refractivity contribution in [1.29, 1.82) is 0 Å². The Kier molecular flexibility index (Phi) is 14.5. The maximum absolute atomic E-state index is 8.00. The zero-order chi connectivity index (χ0) is 67.5. The van der Waals surface area contributed by atoms with E-state index < -0.39 is 0 Å². The molecule has 0 spiro atoms. The van der Waals surface area contributed by atoms with Crippen LogP contribution in [0.1, 0.15) is 158 Å². The summed E-state index contributed by atoms with van der Waals surface area (Å²) in [6.07, 6.45) is 0. The van der Waals surface area contributed by atoms with Crippen molar-refractivity contribution in [3.05, 3.63) is 252 Å². The lowest BCUT2D eigenvalue weighted by atomic mass is 9.31. The molecule has 0 atom stereocenters. The predicted molar refractivity (Wildman–Crippen MR) is 412 cm³/mol. The molecule has 4 aliphatic heterocycles. The number of anilines is 6. The van der Waals surface area contributed by atoms with Gasteiger partial charge < -0.3 is 19.3 Å². The van der Waals surface area contributed by atoms with Crippen LogP contribution in [0.15, 0.2) is 218 Å². The SMILES string of the molecule is CC(C)(C)c1ccc(-c2ccc(N3c4ccc(-c5ccc(C(C)(C)C)cc5)cc4B4c5cc(C(C)(C)C)ccc5Oc5c4c3c3c4c5N(c5ccc(-c6ccc(C(C)(C)C)cc6)cc5)c5ccc(-c6ccc(C(C)(C)C)cc6)cc5B4c4cc(C(C)(C)C)ccc4O3)cc2)cc1. The highest BCUT2D eigenvalue weighted by Crippen LogP contribution is 2.55. The zero-order valence-electron chi connectivity index (χ0n) is 59.7. The summed E-state index contributed by atoms with van der Waals surface area (Å²) >= 11 is 0. The molecule has 0 radical (unpaired) electrons. The number of rotatable bonds is 6. The molecular weight excluding hydrogens is 1160 g/mol. The quantitative estimate of drug-likeness (QED) is 0.155. The fourth-order valence-electron chi connectivity index (χ4n) is 15.1. The Labute approximate surface area is 572 Å². The van der Waals surface area contributed by atoms with Gasteiger partial charge >= 0.3 is 0 Å². The van der Waals surface area contributed by atoms with Gasteiger partial charge in [0.05, 0.1) is 11.4 Å². The second-order valence-electron chi connectivity index (χ2n) is 33.9. The van der Waals surface area contributed by atoms with Gasteiger partial charge in [0.1, 0.15) is 23.0 Å². The van der Waals surface area contributed by atoms with E-state index in [1.165, 1.54) is 77.7 Å². The van der Waals surface area contributed by atoms with Crippen LogP contribution in [0.4, 0.5) is 34.1 Å². The molecular formula is C90H90B2N2O2. The van der Waals surface area contributed by atoms with Crippen LogP contribution in [0, 0.1) is 0 Å². The van der Waals surface area contributed by atoms with Crippen LogP contribution in [0.5, 0.6) is 23.0 Å². The lowest BCUT2D eigenvalue weighted by Crippen LogP contribution is -2.64. The van der Waals surface area contributed by atoms with E-state index in [4.69, 9.17) is 9.47 Å². The number of hydrogen-bond donors (Lipinski definition) is 0. The third kappa shape index (κ3) is 10.8. The van der Waals surface area contributed by atoms with Crippen LogP contribution in [0.2, 0.25) is 0 Å². The molecule has 4 nitrogen and oxygen atoms in total. The fraction of sp³-hybridized carbons (Fsp3) is 0.267. The first-order chi connectivity index (χ1) is 45.4. The molecule has 0 bridgehead atoms. The minimum atomic E-state index is -0.268. The van der Waals surface area contributed by atoms with Gasteiger partial charge in [0.15, 0.2) is 0 Å². The molecule has 0 fully saturated rings. The molecule has 478 valence electrons. The van der Waals surface area contributed by atoms with E-state index in [9.17, 15) is 0 Å². The normalized spacial score (nSPS) is 14.0. The molecule has 11 aromatic carbocycles. The largest absolute Gasteiger partial charge is 0.456 e. The number of hydrogen-bond acceptors (Lipinski definition) is 4. The summed E-state index contributed by atoms with van der Waals surface area (Å²) in [5.74, 6) is 3.41. The number of benzene rings is 11. The van der Waals surface area contributed by atoms with E-state index in [0.717, 1.165) is 90.1 Å². The molecule has 0 saturated heterocycles. The molecule has 96 heavy (non-hydrogen) atoms. The molecule has 4 aliphatic rings. The van der Waals surface area contributed by atoms with Gasteiger partial charge in [0.25, 0.3) is 13.4 Å². The Morgan fingerprint density at radius 3 is 0.750 bits per heavy atom. The van der Waals surface area contributed by atoms with E-state index >= 15 is 0 Å². The van der Waals surface area contributed by atoms with Gasteiger partial charge in [-0.3, -0.25) is 0 Å². The molecule has 15 rings (SSSR count).